The molecule has 22 heavy (non-hydrogen) atoms. The highest BCUT2D eigenvalue weighted by Gasteiger charge is 2.29. The van der Waals surface area contributed by atoms with Crippen molar-refractivity contribution in [1.82, 2.24) is 14.9 Å². The third kappa shape index (κ3) is 6.60. The van der Waals surface area contributed by atoms with Crippen molar-refractivity contribution in [3.05, 3.63) is 0 Å². The molecule has 2 atom stereocenters. The second-order valence-electron chi connectivity index (χ2n) is 6.80. The number of likely N-dealkylation sites (tertiary alicyclic amines) is 1. The average Bonchev–Trinajstić information content (AvgIpc) is 2.43. The Balaban J connectivity index is 2.55. The maximum absolute atomic E-state index is 12.4. The van der Waals surface area contributed by atoms with Crippen LogP contribution in [-0.2, 0) is 15.0 Å². The van der Waals surface area contributed by atoms with Crippen LogP contribution in [0, 0.1) is 5.92 Å². The van der Waals surface area contributed by atoms with Crippen molar-refractivity contribution in [3.8, 4) is 0 Å². The summed E-state index contributed by atoms with van der Waals surface area (Å²) >= 11 is 0. The molecule has 0 aromatic carbocycles. The zero-order valence-electron chi connectivity index (χ0n) is 14.1. The lowest BCUT2D eigenvalue weighted by atomic mass is 9.96. The van der Waals surface area contributed by atoms with Gasteiger partial charge in [-0.1, -0.05) is 6.92 Å². The molecule has 1 saturated heterocycles. The Hall–Kier alpha value is -0.700. The van der Waals surface area contributed by atoms with E-state index in [2.05, 4.69) is 14.9 Å². The largest absolute Gasteiger partial charge is 0.350 e. The van der Waals surface area contributed by atoms with Crippen LogP contribution in [0.3, 0.4) is 0 Å². The normalized spacial score (nSPS) is 22.3. The number of carbonyl (C=O) groups excluding carboxylic acids is 1. The molecule has 0 aromatic rings. The molecule has 130 valence electrons. The quantitative estimate of drug-likeness (QED) is 0.618. The first-order valence-electron chi connectivity index (χ1n) is 7.87. The summed E-state index contributed by atoms with van der Waals surface area (Å²) in [5.41, 5.74) is -0.213. The summed E-state index contributed by atoms with van der Waals surface area (Å²) in [5, 5.41) is 8.03. The summed E-state index contributed by atoms with van der Waals surface area (Å²) in [6.07, 6.45) is 2.76. The summed E-state index contributed by atoms with van der Waals surface area (Å²) in [7, 11) is -3.65. The fraction of sp³-hybridized carbons (Fsp3) is 0.929. The van der Waals surface area contributed by atoms with E-state index in [1.807, 2.05) is 27.7 Å². The van der Waals surface area contributed by atoms with Gasteiger partial charge in [0.25, 0.3) is 10.2 Å². The molecular formula is C14H30N4O3S. The fourth-order valence-corrected chi connectivity index (χ4v) is 3.01. The summed E-state index contributed by atoms with van der Waals surface area (Å²) in [6.45, 7) is 9.83. The molecule has 0 aliphatic carbocycles. The van der Waals surface area contributed by atoms with Crippen LogP contribution in [0.1, 0.15) is 47.0 Å². The molecule has 1 heterocycles. The predicted molar refractivity (Wildman–Crippen MR) is 87.4 cm³/mol. The van der Waals surface area contributed by atoms with Crippen molar-refractivity contribution in [2.75, 3.05) is 19.6 Å². The van der Waals surface area contributed by atoms with Gasteiger partial charge in [0.05, 0.1) is 6.04 Å². The standard InChI is InChI=1S/C14H30N4O3S/c1-5-14(3,4)17-13(19)11(2)18-8-6-7-12(10-18)9-16-22(15,20)21/h11-12,16H,5-10H2,1-4H3,(H,17,19)(H2,15,20,21)/t11-,12-/m0/s1. The Kier molecular flexibility index (Phi) is 6.79. The van der Waals surface area contributed by atoms with Crippen LogP contribution in [0.15, 0.2) is 0 Å². The molecule has 0 spiro atoms. The molecule has 7 nitrogen and oxygen atoms in total. The molecule has 1 fully saturated rings. The van der Waals surface area contributed by atoms with E-state index in [4.69, 9.17) is 5.14 Å². The smallest absolute Gasteiger partial charge is 0.274 e. The van der Waals surface area contributed by atoms with Gasteiger partial charge in [0.15, 0.2) is 0 Å². The van der Waals surface area contributed by atoms with Crippen LogP contribution in [0.5, 0.6) is 0 Å². The van der Waals surface area contributed by atoms with E-state index >= 15 is 0 Å². The van der Waals surface area contributed by atoms with E-state index in [9.17, 15) is 13.2 Å². The lowest BCUT2D eigenvalue weighted by molar-refractivity contribution is -0.128. The van der Waals surface area contributed by atoms with Gasteiger partial charge in [-0.3, -0.25) is 9.69 Å². The van der Waals surface area contributed by atoms with Gasteiger partial charge >= 0.3 is 0 Å². The molecule has 0 bridgehead atoms. The van der Waals surface area contributed by atoms with Crippen LogP contribution in [0.4, 0.5) is 0 Å². The molecule has 4 N–H and O–H groups in total. The molecule has 1 aliphatic rings. The van der Waals surface area contributed by atoms with Crippen molar-refractivity contribution in [2.24, 2.45) is 11.1 Å². The number of rotatable bonds is 7. The highest BCUT2D eigenvalue weighted by atomic mass is 32.2. The molecule has 1 rings (SSSR count). The minimum atomic E-state index is -3.65. The van der Waals surface area contributed by atoms with Crippen LogP contribution >= 0.6 is 0 Å². The SMILES string of the molecule is CCC(C)(C)NC(=O)[C@H](C)N1CCC[C@@H](CNS(N)(=O)=O)C1. The number of hydrogen-bond donors (Lipinski definition) is 3. The van der Waals surface area contributed by atoms with Gasteiger partial charge in [-0.05, 0) is 52.5 Å². The molecule has 8 heteroatoms. The summed E-state index contributed by atoms with van der Waals surface area (Å²) < 4.78 is 24.3. The zero-order valence-corrected chi connectivity index (χ0v) is 14.9. The number of nitrogens with two attached hydrogens (primary N) is 1. The summed E-state index contributed by atoms with van der Waals surface area (Å²) in [6, 6.07) is -0.219. The molecule has 1 amide bonds. The lowest BCUT2D eigenvalue weighted by Gasteiger charge is -2.37. The minimum absolute atomic E-state index is 0.0203. The second kappa shape index (κ2) is 7.72. The number of nitrogens with zero attached hydrogens (tertiary/aromatic N) is 1. The maximum Gasteiger partial charge on any atom is 0.274 e. The van der Waals surface area contributed by atoms with Crippen molar-refractivity contribution in [2.45, 2.75) is 58.5 Å². The molecule has 0 aromatic heterocycles. The van der Waals surface area contributed by atoms with E-state index in [1.165, 1.54) is 0 Å². The van der Waals surface area contributed by atoms with E-state index in [0.717, 1.165) is 25.8 Å². The van der Waals surface area contributed by atoms with Crippen LogP contribution < -0.4 is 15.2 Å². The second-order valence-corrected chi connectivity index (χ2v) is 8.18. The summed E-state index contributed by atoms with van der Waals surface area (Å²) in [4.78, 5) is 14.5. The van der Waals surface area contributed by atoms with Gasteiger partial charge in [0.1, 0.15) is 0 Å². The third-order valence-electron chi connectivity index (χ3n) is 4.40. The van der Waals surface area contributed by atoms with Gasteiger partial charge in [-0.15, -0.1) is 0 Å². The van der Waals surface area contributed by atoms with E-state index in [1.54, 1.807) is 0 Å². The fourth-order valence-electron chi connectivity index (χ4n) is 2.54. The first-order valence-corrected chi connectivity index (χ1v) is 9.42. The maximum atomic E-state index is 12.4. The van der Waals surface area contributed by atoms with Gasteiger partial charge in [-0.2, -0.15) is 8.42 Å². The Bertz CT molecular complexity index is 478. The van der Waals surface area contributed by atoms with Crippen molar-refractivity contribution >= 4 is 16.1 Å². The Labute approximate surface area is 134 Å². The average molecular weight is 334 g/mol. The summed E-state index contributed by atoms with van der Waals surface area (Å²) in [5.74, 6) is 0.202. The molecule has 1 aliphatic heterocycles. The van der Waals surface area contributed by atoms with Gasteiger partial charge in [-0.25, -0.2) is 9.86 Å². The number of hydrogen-bond acceptors (Lipinski definition) is 4. The third-order valence-corrected chi connectivity index (χ3v) is 4.97. The van der Waals surface area contributed by atoms with Crippen molar-refractivity contribution in [3.63, 3.8) is 0 Å². The number of carbonyl (C=O) groups is 1. The molecule has 0 radical (unpaired) electrons. The Morgan fingerprint density at radius 2 is 2.09 bits per heavy atom. The monoisotopic (exact) mass is 334 g/mol. The van der Waals surface area contributed by atoms with Crippen molar-refractivity contribution < 1.29 is 13.2 Å². The predicted octanol–water partition coefficient (Wildman–Crippen LogP) is 0.185. The van der Waals surface area contributed by atoms with Gasteiger partial charge in [0.2, 0.25) is 5.91 Å². The van der Waals surface area contributed by atoms with E-state index < -0.39 is 10.2 Å². The topological polar surface area (TPSA) is 105 Å². The highest BCUT2D eigenvalue weighted by molar-refractivity contribution is 7.87. The van der Waals surface area contributed by atoms with Crippen LogP contribution in [-0.4, -0.2) is 50.4 Å². The Morgan fingerprint density at radius 3 is 2.64 bits per heavy atom. The lowest BCUT2D eigenvalue weighted by Crippen LogP contribution is -2.54. The molecule has 0 saturated carbocycles. The first-order chi connectivity index (χ1) is 10.0. The van der Waals surface area contributed by atoms with Gasteiger partial charge < -0.3 is 5.32 Å². The first kappa shape index (κ1) is 19.3. The van der Waals surface area contributed by atoms with E-state index in [-0.39, 0.29) is 23.4 Å². The molecular weight excluding hydrogens is 304 g/mol. The zero-order chi connectivity index (χ0) is 17.0. The van der Waals surface area contributed by atoms with Crippen LogP contribution in [0.2, 0.25) is 0 Å². The minimum Gasteiger partial charge on any atom is -0.350 e. The van der Waals surface area contributed by atoms with Crippen molar-refractivity contribution in [1.29, 1.82) is 0 Å². The molecule has 0 unspecified atom stereocenters. The van der Waals surface area contributed by atoms with Crippen LogP contribution in [0.25, 0.3) is 0 Å². The Morgan fingerprint density at radius 1 is 1.45 bits per heavy atom. The number of amides is 1. The number of piperidine rings is 1. The van der Waals surface area contributed by atoms with E-state index in [0.29, 0.717) is 13.1 Å². The number of nitrogens with one attached hydrogen (secondary N) is 2. The highest BCUT2D eigenvalue weighted by Crippen LogP contribution is 2.19. The van der Waals surface area contributed by atoms with Gasteiger partial charge in [0, 0.05) is 18.6 Å².